The molecule has 1 aromatic heterocycles. The number of hydrogen-bond donors (Lipinski definition) is 4. The summed E-state index contributed by atoms with van der Waals surface area (Å²) in [7, 11) is 0. The van der Waals surface area contributed by atoms with Crippen molar-refractivity contribution < 1.29 is 5.11 Å². The molecule has 0 amide bonds. The van der Waals surface area contributed by atoms with Crippen LogP contribution >= 0.6 is 0 Å². The molecule has 1 atom stereocenters. The van der Waals surface area contributed by atoms with Gasteiger partial charge in [0.2, 0.25) is 0 Å². The number of nitrogens with two attached hydrogens (primary N) is 1. The van der Waals surface area contributed by atoms with Crippen molar-refractivity contribution in [1.29, 1.82) is 0 Å². The first-order valence-electron chi connectivity index (χ1n) is 6.01. The van der Waals surface area contributed by atoms with E-state index in [-0.39, 0.29) is 17.6 Å². The number of rotatable bonds is 6. The SMILES string of the molecule is CCn1c(N)c(NCCCC(C)O)c(=O)[nH]c1=O. The summed E-state index contributed by atoms with van der Waals surface area (Å²) in [6, 6.07) is 0. The predicted molar refractivity (Wildman–Crippen MR) is 70.8 cm³/mol. The number of nitrogen functional groups attached to an aromatic ring is 1. The molecule has 1 rings (SSSR count). The highest BCUT2D eigenvalue weighted by molar-refractivity contribution is 5.60. The van der Waals surface area contributed by atoms with Gasteiger partial charge in [0.25, 0.3) is 5.56 Å². The van der Waals surface area contributed by atoms with Gasteiger partial charge in [-0.2, -0.15) is 0 Å². The van der Waals surface area contributed by atoms with Crippen molar-refractivity contribution in [2.75, 3.05) is 17.6 Å². The number of aromatic amines is 1. The van der Waals surface area contributed by atoms with Gasteiger partial charge in [-0.1, -0.05) is 0 Å². The van der Waals surface area contributed by atoms with E-state index >= 15 is 0 Å². The fourth-order valence-corrected chi connectivity index (χ4v) is 1.68. The van der Waals surface area contributed by atoms with Crippen LogP contribution in [0, 0.1) is 0 Å². The third-order valence-corrected chi connectivity index (χ3v) is 2.66. The van der Waals surface area contributed by atoms with Crippen LogP contribution < -0.4 is 22.3 Å². The lowest BCUT2D eigenvalue weighted by molar-refractivity contribution is 0.183. The Bertz CT molecular complexity index is 504. The maximum atomic E-state index is 11.6. The van der Waals surface area contributed by atoms with Crippen LogP contribution in [0.25, 0.3) is 0 Å². The molecular formula is C11H20N4O3. The number of aromatic nitrogens is 2. The van der Waals surface area contributed by atoms with Crippen LogP contribution in [0.5, 0.6) is 0 Å². The highest BCUT2D eigenvalue weighted by atomic mass is 16.3. The van der Waals surface area contributed by atoms with Crippen LogP contribution in [0.15, 0.2) is 9.59 Å². The second-order valence-electron chi connectivity index (χ2n) is 4.18. The first-order chi connectivity index (χ1) is 8.47. The number of H-pyrrole nitrogens is 1. The monoisotopic (exact) mass is 256 g/mol. The zero-order valence-corrected chi connectivity index (χ0v) is 10.7. The maximum absolute atomic E-state index is 11.6. The number of nitrogens with one attached hydrogen (secondary N) is 2. The zero-order chi connectivity index (χ0) is 13.7. The van der Waals surface area contributed by atoms with E-state index in [1.165, 1.54) is 4.57 Å². The summed E-state index contributed by atoms with van der Waals surface area (Å²) in [5, 5.41) is 12.0. The molecule has 0 aromatic carbocycles. The molecule has 1 aromatic rings. The summed E-state index contributed by atoms with van der Waals surface area (Å²) in [6.45, 7) is 4.38. The minimum Gasteiger partial charge on any atom is -0.393 e. The average molecular weight is 256 g/mol. The fraction of sp³-hybridized carbons (Fsp3) is 0.636. The third-order valence-electron chi connectivity index (χ3n) is 2.66. The molecule has 0 bridgehead atoms. The Kier molecular flexibility index (Phi) is 4.96. The van der Waals surface area contributed by atoms with Crippen LogP contribution in [-0.2, 0) is 6.54 Å². The van der Waals surface area contributed by atoms with Gasteiger partial charge < -0.3 is 16.2 Å². The van der Waals surface area contributed by atoms with Crippen LogP contribution in [-0.4, -0.2) is 27.3 Å². The minimum atomic E-state index is -0.515. The van der Waals surface area contributed by atoms with Gasteiger partial charge >= 0.3 is 5.69 Å². The molecule has 0 radical (unpaired) electrons. The molecule has 0 spiro atoms. The lowest BCUT2D eigenvalue weighted by Gasteiger charge is -2.12. The van der Waals surface area contributed by atoms with Crippen molar-refractivity contribution in [2.24, 2.45) is 0 Å². The first-order valence-corrected chi connectivity index (χ1v) is 6.01. The lowest BCUT2D eigenvalue weighted by atomic mass is 10.2. The summed E-state index contributed by atoms with van der Waals surface area (Å²) < 4.78 is 1.29. The molecule has 0 aliphatic heterocycles. The van der Waals surface area contributed by atoms with E-state index in [9.17, 15) is 9.59 Å². The van der Waals surface area contributed by atoms with Crippen molar-refractivity contribution in [3.63, 3.8) is 0 Å². The Labute approximate surface area is 105 Å². The third kappa shape index (κ3) is 3.36. The Balaban J connectivity index is 2.83. The van der Waals surface area contributed by atoms with Crippen LogP contribution in [0.2, 0.25) is 0 Å². The van der Waals surface area contributed by atoms with Crippen molar-refractivity contribution in [3.05, 3.63) is 20.8 Å². The number of aliphatic hydroxyl groups excluding tert-OH is 1. The van der Waals surface area contributed by atoms with E-state index in [1.807, 2.05) is 0 Å². The molecule has 7 heteroatoms. The molecule has 0 aliphatic rings. The number of nitrogens with zero attached hydrogens (tertiary/aromatic N) is 1. The van der Waals surface area contributed by atoms with Crippen LogP contribution in [0.1, 0.15) is 26.7 Å². The van der Waals surface area contributed by atoms with E-state index in [4.69, 9.17) is 10.8 Å². The van der Waals surface area contributed by atoms with E-state index < -0.39 is 11.2 Å². The largest absolute Gasteiger partial charge is 0.393 e. The van der Waals surface area contributed by atoms with E-state index in [0.717, 1.165) is 0 Å². The summed E-state index contributed by atoms with van der Waals surface area (Å²) >= 11 is 0. The Morgan fingerprint density at radius 1 is 1.50 bits per heavy atom. The molecule has 5 N–H and O–H groups in total. The minimum absolute atomic E-state index is 0.142. The molecule has 102 valence electrons. The van der Waals surface area contributed by atoms with Gasteiger partial charge in [-0.25, -0.2) is 4.79 Å². The Hall–Kier alpha value is -1.76. The van der Waals surface area contributed by atoms with Crippen molar-refractivity contribution in [3.8, 4) is 0 Å². The molecule has 0 saturated carbocycles. The summed E-state index contributed by atoms with van der Waals surface area (Å²) in [6.07, 6.45) is 0.979. The normalized spacial score (nSPS) is 12.4. The Morgan fingerprint density at radius 3 is 2.72 bits per heavy atom. The van der Waals surface area contributed by atoms with Gasteiger partial charge in [-0.3, -0.25) is 14.3 Å². The standard InChI is InChI=1S/C11H20N4O3/c1-3-15-9(12)8(10(17)14-11(15)18)13-6-4-5-7(2)16/h7,13,16H,3-6,12H2,1-2H3,(H,14,17,18). The van der Waals surface area contributed by atoms with E-state index in [2.05, 4.69) is 10.3 Å². The topological polar surface area (TPSA) is 113 Å². The second-order valence-corrected chi connectivity index (χ2v) is 4.18. The zero-order valence-electron chi connectivity index (χ0n) is 10.7. The first kappa shape index (κ1) is 14.3. The van der Waals surface area contributed by atoms with E-state index in [0.29, 0.717) is 25.9 Å². The molecule has 1 heterocycles. The van der Waals surface area contributed by atoms with Gasteiger partial charge in [-0.15, -0.1) is 0 Å². The van der Waals surface area contributed by atoms with E-state index in [1.54, 1.807) is 13.8 Å². The van der Waals surface area contributed by atoms with Gasteiger partial charge in [0, 0.05) is 13.1 Å². The fourth-order valence-electron chi connectivity index (χ4n) is 1.68. The summed E-state index contributed by atoms with van der Waals surface area (Å²) in [5.74, 6) is 0.142. The van der Waals surface area contributed by atoms with Gasteiger partial charge in [-0.05, 0) is 26.7 Å². The molecule has 18 heavy (non-hydrogen) atoms. The van der Waals surface area contributed by atoms with Crippen molar-refractivity contribution in [2.45, 2.75) is 39.3 Å². The number of aliphatic hydroxyl groups is 1. The molecule has 7 nitrogen and oxygen atoms in total. The highest BCUT2D eigenvalue weighted by Crippen LogP contribution is 2.10. The molecule has 0 aliphatic carbocycles. The summed E-state index contributed by atoms with van der Waals surface area (Å²) in [4.78, 5) is 25.2. The maximum Gasteiger partial charge on any atom is 0.330 e. The molecule has 0 fully saturated rings. The molecular weight excluding hydrogens is 236 g/mol. The average Bonchev–Trinajstić information content (AvgIpc) is 2.27. The quantitative estimate of drug-likeness (QED) is 0.522. The molecule has 1 unspecified atom stereocenters. The molecule has 0 saturated heterocycles. The van der Waals surface area contributed by atoms with Gasteiger partial charge in [0.15, 0.2) is 0 Å². The number of anilines is 2. The van der Waals surface area contributed by atoms with Gasteiger partial charge in [0.1, 0.15) is 11.5 Å². The van der Waals surface area contributed by atoms with Crippen molar-refractivity contribution in [1.82, 2.24) is 9.55 Å². The van der Waals surface area contributed by atoms with Crippen molar-refractivity contribution >= 4 is 11.5 Å². The predicted octanol–water partition coefficient (Wildman–Crippen LogP) is -0.288. The Morgan fingerprint density at radius 2 is 2.17 bits per heavy atom. The van der Waals surface area contributed by atoms with Gasteiger partial charge in [0.05, 0.1) is 6.10 Å². The lowest BCUT2D eigenvalue weighted by Crippen LogP contribution is -2.33. The van der Waals surface area contributed by atoms with Crippen LogP contribution in [0.3, 0.4) is 0 Å². The summed E-state index contributed by atoms with van der Waals surface area (Å²) in [5.41, 5.74) is 4.96. The van der Waals surface area contributed by atoms with Crippen LogP contribution in [0.4, 0.5) is 11.5 Å². The smallest absolute Gasteiger partial charge is 0.330 e. The highest BCUT2D eigenvalue weighted by Gasteiger charge is 2.10. The second kappa shape index (κ2) is 6.25. The number of hydrogen-bond acceptors (Lipinski definition) is 5.